The molecule has 3 aromatic carbocycles. The van der Waals surface area contributed by atoms with E-state index in [0.29, 0.717) is 18.7 Å². The maximum absolute atomic E-state index is 12.8. The average Bonchev–Trinajstić information content (AvgIpc) is 3.25. The van der Waals surface area contributed by atoms with Crippen LogP contribution in [-0.4, -0.2) is 43.4 Å². The van der Waals surface area contributed by atoms with Crippen molar-refractivity contribution in [1.82, 2.24) is 15.5 Å². The van der Waals surface area contributed by atoms with Crippen molar-refractivity contribution >= 4 is 49.8 Å². The summed E-state index contributed by atoms with van der Waals surface area (Å²) >= 11 is 12.1. The molecule has 0 bridgehead atoms. The number of nitrogens with one attached hydrogen (secondary N) is 3. The van der Waals surface area contributed by atoms with Gasteiger partial charge in [0.1, 0.15) is 17.3 Å². The standard InChI is InChI=1S/C25H26Cl2N4O4S/c1-2-22-19-10-9-18(14-23(19)30-29-22)35-12-11-28-15-24(32)16-5-3-6-17(13-16)31-36(33,34)25-20(26)7-4-8-21(25)27/h3-10,13-14,24,28,31-32H,2,11-12,15H2,1H3,(H,29,30)/t24-/m0/s1. The topological polar surface area (TPSA) is 116 Å². The van der Waals surface area contributed by atoms with Crippen molar-refractivity contribution < 1.29 is 18.3 Å². The molecular weight excluding hydrogens is 523 g/mol. The van der Waals surface area contributed by atoms with E-state index in [1.807, 2.05) is 18.2 Å². The Hall–Kier alpha value is -2.82. The Morgan fingerprint density at radius 3 is 2.58 bits per heavy atom. The van der Waals surface area contributed by atoms with E-state index in [1.54, 1.807) is 30.3 Å². The second kappa shape index (κ2) is 11.5. The zero-order chi connectivity index (χ0) is 25.7. The quantitative estimate of drug-likeness (QED) is 0.197. The molecule has 0 aliphatic carbocycles. The van der Waals surface area contributed by atoms with Crippen LogP contribution in [-0.2, 0) is 16.4 Å². The number of ether oxygens (including phenoxy) is 1. The number of anilines is 1. The third kappa shape index (κ3) is 6.11. The largest absolute Gasteiger partial charge is 0.492 e. The van der Waals surface area contributed by atoms with E-state index in [2.05, 4.69) is 27.2 Å². The lowest BCUT2D eigenvalue weighted by atomic mass is 10.1. The third-order valence-corrected chi connectivity index (χ3v) is 7.88. The van der Waals surface area contributed by atoms with E-state index >= 15 is 0 Å². The average molecular weight is 549 g/mol. The highest BCUT2D eigenvalue weighted by Crippen LogP contribution is 2.31. The van der Waals surface area contributed by atoms with Gasteiger partial charge in [-0.1, -0.05) is 48.3 Å². The van der Waals surface area contributed by atoms with Gasteiger partial charge in [-0.15, -0.1) is 0 Å². The highest BCUT2D eigenvalue weighted by atomic mass is 35.5. The Kier molecular flexibility index (Phi) is 8.38. The Morgan fingerprint density at radius 1 is 1.08 bits per heavy atom. The second-order valence-corrected chi connectivity index (χ2v) is 10.5. The predicted molar refractivity (Wildman–Crippen MR) is 143 cm³/mol. The fourth-order valence-corrected chi connectivity index (χ4v) is 5.96. The van der Waals surface area contributed by atoms with Gasteiger partial charge in [0.2, 0.25) is 0 Å². The maximum Gasteiger partial charge on any atom is 0.264 e. The van der Waals surface area contributed by atoms with Gasteiger partial charge in [0.05, 0.1) is 27.4 Å². The molecule has 1 aromatic heterocycles. The van der Waals surface area contributed by atoms with Gasteiger partial charge in [-0.25, -0.2) is 8.42 Å². The summed E-state index contributed by atoms with van der Waals surface area (Å²) in [4.78, 5) is -0.196. The monoisotopic (exact) mass is 548 g/mol. The van der Waals surface area contributed by atoms with Crippen LogP contribution >= 0.6 is 23.2 Å². The molecule has 0 amide bonds. The van der Waals surface area contributed by atoms with Crippen molar-refractivity contribution in [2.45, 2.75) is 24.3 Å². The van der Waals surface area contributed by atoms with Crippen molar-refractivity contribution in [2.75, 3.05) is 24.4 Å². The number of aromatic amines is 1. The molecule has 11 heteroatoms. The molecule has 1 atom stereocenters. The van der Waals surface area contributed by atoms with E-state index in [1.165, 1.54) is 12.1 Å². The smallest absolute Gasteiger partial charge is 0.264 e. The number of hydrogen-bond acceptors (Lipinski definition) is 6. The van der Waals surface area contributed by atoms with Crippen LogP contribution in [0.4, 0.5) is 5.69 Å². The predicted octanol–water partition coefficient (Wildman–Crippen LogP) is 4.93. The van der Waals surface area contributed by atoms with Gasteiger partial charge in [-0.05, 0) is 48.4 Å². The number of aliphatic hydroxyl groups is 1. The zero-order valence-electron chi connectivity index (χ0n) is 19.5. The lowest BCUT2D eigenvalue weighted by molar-refractivity contribution is 0.172. The molecule has 0 aliphatic rings. The molecule has 4 N–H and O–H groups in total. The second-order valence-electron chi connectivity index (χ2n) is 8.08. The molecule has 1 heterocycles. The van der Waals surface area contributed by atoms with Crippen LogP contribution in [0.15, 0.2) is 65.6 Å². The van der Waals surface area contributed by atoms with E-state index in [4.69, 9.17) is 27.9 Å². The number of nitrogens with zero attached hydrogens (tertiary/aromatic N) is 1. The number of fused-ring (bicyclic) bond motifs is 1. The third-order valence-electron chi connectivity index (χ3n) is 5.54. The number of hydrogen-bond donors (Lipinski definition) is 4. The van der Waals surface area contributed by atoms with Crippen LogP contribution in [0.3, 0.4) is 0 Å². The number of aryl methyl sites for hydroxylation is 1. The minimum absolute atomic E-state index is 0.0211. The van der Waals surface area contributed by atoms with Crippen molar-refractivity contribution in [2.24, 2.45) is 0 Å². The molecule has 0 radical (unpaired) electrons. The molecule has 4 rings (SSSR count). The molecule has 0 unspecified atom stereocenters. The molecule has 4 aromatic rings. The van der Waals surface area contributed by atoms with Crippen molar-refractivity contribution in [3.63, 3.8) is 0 Å². The minimum Gasteiger partial charge on any atom is -0.492 e. The first-order valence-corrected chi connectivity index (χ1v) is 13.6. The lowest BCUT2D eigenvalue weighted by Crippen LogP contribution is -2.26. The minimum atomic E-state index is -4.02. The van der Waals surface area contributed by atoms with Gasteiger partial charge in [-0.2, -0.15) is 5.10 Å². The first kappa shape index (κ1) is 26.2. The van der Waals surface area contributed by atoms with Crippen molar-refractivity contribution in [3.8, 4) is 5.75 Å². The molecule has 190 valence electrons. The first-order valence-electron chi connectivity index (χ1n) is 11.3. The Bertz CT molecular complexity index is 1440. The number of sulfonamides is 1. The maximum atomic E-state index is 12.8. The van der Waals surface area contributed by atoms with Gasteiger partial charge in [0.25, 0.3) is 10.0 Å². The molecule has 36 heavy (non-hydrogen) atoms. The summed E-state index contributed by atoms with van der Waals surface area (Å²) in [5.74, 6) is 0.731. The van der Waals surface area contributed by atoms with Crippen molar-refractivity contribution in [1.29, 1.82) is 0 Å². The highest BCUT2D eigenvalue weighted by molar-refractivity contribution is 7.93. The van der Waals surface area contributed by atoms with Gasteiger partial charge in [0, 0.05) is 30.2 Å². The summed E-state index contributed by atoms with van der Waals surface area (Å²) < 4.78 is 33.9. The number of benzene rings is 3. The molecule has 8 nitrogen and oxygen atoms in total. The fraction of sp³-hybridized carbons (Fsp3) is 0.240. The van der Waals surface area contributed by atoms with E-state index < -0.39 is 16.1 Å². The molecule has 0 saturated heterocycles. The Morgan fingerprint density at radius 2 is 1.83 bits per heavy atom. The van der Waals surface area contributed by atoms with Crippen molar-refractivity contribution in [3.05, 3.63) is 82.0 Å². The zero-order valence-corrected chi connectivity index (χ0v) is 21.8. The van der Waals surface area contributed by atoms with E-state index in [0.717, 1.165) is 28.8 Å². The molecule has 0 aliphatic heterocycles. The lowest BCUT2D eigenvalue weighted by Gasteiger charge is -2.15. The molecular formula is C25H26Cl2N4O4S. The van der Waals surface area contributed by atoms with Crippen LogP contribution in [0.2, 0.25) is 10.0 Å². The van der Waals surface area contributed by atoms with Gasteiger partial charge >= 0.3 is 0 Å². The highest BCUT2D eigenvalue weighted by Gasteiger charge is 2.22. The number of aliphatic hydroxyl groups excluding tert-OH is 1. The van der Waals surface area contributed by atoms with Gasteiger partial charge < -0.3 is 15.2 Å². The van der Waals surface area contributed by atoms with E-state index in [-0.39, 0.29) is 27.2 Å². The number of halogens is 2. The first-order chi connectivity index (χ1) is 17.3. The number of rotatable bonds is 11. The summed E-state index contributed by atoms with van der Waals surface area (Å²) in [5, 5.41) is 22.2. The van der Waals surface area contributed by atoms with E-state index in [9.17, 15) is 13.5 Å². The number of H-pyrrole nitrogens is 1. The normalized spacial score (nSPS) is 12.6. The molecule has 0 spiro atoms. The Balaban J connectivity index is 1.29. The summed E-state index contributed by atoms with van der Waals surface area (Å²) in [7, 11) is -4.02. The summed E-state index contributed by atoms with van der Waals surface area (Å²) in [6.45, 7) is 3.24. The van der Waals surface area contributed by atoms with Crippen LogP contribution < -0.4 is 14.8 Å². The van der Waals surface area contributed by atoms with Crippen LogP contribution in [0.25, 0.3) is 10.9 Å². The number of aromatic nitrogens is 2. The fourth-order valence-electron chi connectivity index (χ4n) is 3.77. The summed E-state index contributed by atoms with van der Waals surface area (Å²) in [6.07, 6.45) is 0.00362. The molecule has 0 fully saturated rings. The Labute approximate surface area is 219 Å². The summed E-state index contributed by atoms with van der Waals surface area (Å²) in [5.41, 5.74) is 2.79. The van der Waals surface area contributed by atoms with Crippen LogP contribution in [0, 0.1) is 0 Å². The molecule has 0 saturated carbocycles. The SMILES string of the molecule is CCc1n[nH]c2cc(OCCNC[C@H](O)c3cccc(NS(=O)(=O)c4c(Cl)cccc4Cl)c3)ccc12. The van der Waals surface area contributed by atoms with Gasteiger partial charge in [-0.3, -0.25) is 9.82 Å². The summed E-state index contributed by atoms with van der Waals surface area (Å²) in [6, 6.07) is 16.8. The van der Waals surface area contributed by atoms with Crippen LogP contribution in [0.5, 0.6) is 5.75 Å². The van der Waals surface area contributed by atoms with Gasteiger partial charge in [0.15, 0.2) is 0 Å². The van der Waals surface area contributed by atoms with Crippen LogP contribution in [0.1, 0.15) is 24.3 Å².